The van der Waals surface area contributed by atoms with Crippen LogP contribution < -0.4 is 0 Å². The minimum atomic E-state index is -1.06. The number of benzene rings is 1. The summed E-state index contributed by atoms with van der Waals surface area (Å²) in [5, 5.41) is 9.54. The second kappa shape index (κ2) is 7.68. The number of imidazole rings is 1. The van der Waals surface area contributed by atoms with E-state index in [0.29, 0.717) is 11.3 Å². The lowest BCUT2D eigenvalue weighted by molar-refractivity contribution is 0.0697. The molecule has 26 heavy (non-hydrogen) atoms. The predicted octanol–water partition coefficient (Wildman–Crippen LogP) is 3.59. The molecule has 3 rings (SSSR count). The van der Waals surface area contributed by atoms with Crippen molar-refractivity contribution in [1.82, 2.24) is 19.9 Å². The van der Waals surface area contributed by atoms with E-state index in [2.05, 4.69) is 14.9 Å². The maximum Gasteiger partial charge on any atom is 0.337 e. The SMILES string of the molecule is CN(C)CCc1nc(-c2ccncc2)c(-c2cccc(C(=O)O)c2Cl)[nH]1. The van der Waals surface area contributed by atoms with Crippen LogP contribution in [-0.4, -0.2) is 51.6 Å². The first-order valence-electron chi connectivity index (χ1n) is 8.13. The maximum atomic E-state index is 11.4. The van der Waals surface area contributed by atoms with Gasteiger partial charge in [-0.3, -0.25) is 4.98 Å². The molecule has 0 aliphatic heterocycles. The van der Waals surface area contributed by atoms with Crippen LogP contribution in [0.15, 0.2) is 42.7 Å². The van der Waals surface area contributed by atoms with Crippen molar-refractivity contribution in [2.75, 3.05) is 20.6 Å². The van der Waals surface area contributed by atoms with Gasteiger partial charge in [0.2, 0.25) is 0 Å². The number of halogens is 1. The molecule has 0 saturated heterocycles. The van der Waals surface area contributed by atoms with Crippen LogP contribution in [0.3, 0.4) is 0 Å². The van der Waals surface area contributed by atoms with Gasteiger partial charge in [0.15, 0.2) is 0 Å². The molecule has 1 aromatic carbocycles. The van der Waals surface area contributed by atoms with Crippen LogP contribution in [0.4, 0.5) is 0 Å². The minimum Gasteiger partial charge on any atom is -0.478 e. The van der Waals surface area contributed by atoms with Crippen molar-refractivity contribution in [3.05, 3.63) is 59.1 Å². The molecular formula is C19H19ClN4O2. The molecule has 0 unspecified atom stereocenters. The third-order valence-corrected chi connectivity index (χ3v) is 4.41. The highest BCUT2D eigenvalue weighted by molar-refractivity contribution is 6.36. The van der Waals surface area contributed by atoms with Crippen LogP contribution in [0.2, 0.25) is 5.02 Å². The Hall–Kier alpha value is -2.70. The molecule has 2 N–H and O–H groups in total. The van der Waals surface area contributed by atoms with E-state index in [4.69, 9.17) is 16.6 Å². The zero-order valence-corrected chi connectivity index (χ0v) is 15.3. The van der Waals surface area contributed by atoms with Gasteiger partial charge in [-0.1, -0.05) is 23.7 Å². The Kier molecular flexibility index (Phi) is 5.35. The van der Waals surface area contributed by atoms with E-state index in [9.17, 15) is 9.90 Å². The van der Waals surface area contributed by atoms with E-state index in [1.165, 1.54) is 6.07 Å². The first-order chi connectivity index (χ1) is 12.5. The Labute approximate surface area is 156 Å². The fraction of sp³-hybridized carbons (Fsp3) is 0.211. The van der Waals surface area contributed by atoms with E-state index < -0.39 is 5.97 Å². The van der Waals surface area contributed by atoms with Gasteiger partial charge in [-0.15, -0.1) is 0 Å². The molecule has 0 aliphatic carbocycles. The standard InChI is InChI=1S/C19H19ClN4O2/c1-24(2)11-8-15-22-17(12-6-9-21-10-7-12)18(23-15)13-4-3-5-14(16(13)20)19(25)26/h3-7,9-10H,8,11H2,1-2H3,(H,22,23)(H,25,26). The molecule has 0 amide bonds. The van der Waals surface area contributed by atoms with Crippen molar-refractivity contribution >= 4 is 17.6 Å². The number of aromatic amines is 1. The largest absolute Gasteiger partial charge is 0.478 e. The Balaban J connectivity index is 2.14. The molecule has 0 aliphatic rings. The first-order valence-corrected chi connectivity index (χ1v) is 8.51. The van der Waals surface area contributed by atoms with Gasteiger partial charge in [0.05, 0.1) is 22.0 Å². The maximum absolute atomic E-state index is 11.4. The van der Waals surface area contributed by atoms with E-state index >= 15 is 0 Å². The van der Waals surface area contributed by atoms with Crippen molar-refractivity contribution in [2.45, 2.75) is 6.42 Å². The van der Waals surface area contributed by atoms with Gasteiger partial charge < -0.3 is 15.0 Å². The van der Waals surface area contributed by atoms with E-state index in [1.54, 1.807) is 24.5 Å². The number of pyridine rings is 1. The van der Waals surface area contributed by atoms with Gasteiger partial charge >= 0.3 is 5.97 Å². The molecule has 0 spiro atoms. The summed E-state index contributed by atoms with van der Waals surface area (Å²) in [6.07, 6.45) is 4.13. The smallest absolute Gasteiger partial charge is 0.337 e. The molecule has 2 aromatic heterocycles. The van der Waals surface area contributed by atoms with Crippen LogP contribution in [0.1, 0.15) is 16.2 Å². The number of nitrogens with one attached hydrogen (secondary N) is 1. The summed E-state index contributed by atoms with van der Waals surface area (Å²) >= 11 is 6.39. The zero-order chi connectivity index (χ0) is 18.7. The average Bonchev–Trinajstić information content (AvgIpc) is 3.04. The molecule has 6 nitrogen and oxygen atoms in total. The van der Waals surface area contributed by atoms with Crippen molar-refractivity contribution in [3.63, 3.8) is 0 Å². The molecule has 0 fully saturated rings. The highest BCUT2D eigenvalue weighted by atomic mass is 35.5. The minimum absolute atomic E-state index is 0.0642. The fourth-order valence-electron chi connectivity index (χ4n) is 2.67. The number of aromatic carboxylic acids is 1. The number of nitrogens with zero attached hydrogens (tertiary/aromatic N) is 3. The summed E-state index contributed by atoms with van der Waals surface area (Å²) in [4.78, 5) is 25.6. The Morgan fingerprint density at radius 3 is 2.62 bits per heavy atom. The number of hydrogen-bond donors (Lipinski definition) is 2. The van der Waals surface area contributed by atoms with E-state index in [1.807, 2.05) is 26.2 Å². The lowest BCUT2D eigenvalue weighted by atomic mass is 10.0. The third kappa shape index (κ3) is 3.76. The summed E-state index contributed by atoms with van der Waals surface area (Å²) < 4.78 is 0. The monoisotopic (exact) mass is 370 g/mol. The highest BCUT2D eigenvalue weighted by Crippen LogP contribution is 2.36. The van der Waals surface area contributed by atoms with Crippen LogP contribution in [0.5, 0.6) is 0 Å². The van der Waals surface area contributed by atoms with Gasteiger partial charge in [0, 0.05) is 36.5 Å². The molecule has 2 heterocycles. The molecule has 134 valence electrons. The van der Waals surface area contributed by atoms with Crippen molar-refractivity contribution in [3.8, 4) is 22.5 Å². The molecule has 7 heteroatoms. The third-order valence-electron chi connectivity index (χ3n) is 4.00. The normalized spacial score (nSPS) is 11.1. The molecule has 0 atom stereocenters. The number of carbonyl (C=O) groups is 1. The lowest BCUT2D eigenvalue weighted by Gasteiger charge is -2.08. The summed E-state index contributed by atoms with van der Waals surface area (Å²) in [6.45, 7) is 0.839. The first kappa shape index (κ1) is 18.1. The van der Waals surface area contributed by atoms with E-state index in [0.717, 1.165) is 30.0 Å². The summed E-state index contributed by atoms with van der Waals surface area (Å²) in [5.41, 5.74) is 3.00. The Morgan fingerprint density at radius 2 is 1.96 bits per heavy atom. The molecule has 0 radical (unpaired) electrons. The molecule has 3 aromatic rings. The summed E-state index contributed by atoms with van der Waals surface area (Å²) in [5.74, 6) is -0.244. The van der Waals surface area contributed by atoms with Crippen molar-refractivity contribution in [1.29, 1.82) is 0 Å². The Bertz CT molecular complexity index is 923. The number of rotatable bonds is 6. The van der Waals surface area contributed by atoms with Gasteiger partial charge in [0.25, 0.3) is 0 Å². The number of carboxylic acids is 1. The quantitative estimate of drug-likeness (QED) is 0.692. The van der Waals surface area contributed by atoms with Crippen LogP contribution in [-0.2, 0) is 6.42 Å². The summed E-state index contributed by atoms with van der Waals surface area (Å²) in [6, 6.07) is 8.70. The second-order valence-corrected chi connectivity index (χ2v) is 6.55. The molecule has 0 bridgehead atoms. The lowest BCUT2D eigenvalue weighted by Crippen LogP contribution is -2.15. The highest BCUT2D eigenvalue weighted by Gasteiger charge is 2.19. The summed E-state index contributed by atoms with van der Waals surface area (Å²) in [7, 11) is 4.00. The van der Waals surface area contributed by atoms with Crippen molar-refractivity contribution < 1.29 is 9.90 Å². The topological polar surface area (TPSA) is 82.1 Å². The zero-order valence-electron chi connectivity index (χ0n) is 14.5. The number of H-pyrrole nitrogens is 1. The number of hydrogen-bond acceptors (Lipinski definition) is 4. The molecular weight excluding hydrogens is 352 g/mol. The van der Waals surface area contributed by atoms with Crippen molar-refractivity contribution in [2.24, 2.45) is 0 Å². The fourth-order valence-corrected chi connectivity index (χ4v) is 2.98. The van der Waals surface area contributed by atoms with Gasteiger partial charge in [-0.25, -0.2) is 9.78 Å². The second-order valence-electron chi connectivity index (χ2n) is 6.17. The Morgan fingerprint density at radius 1 is 1.23 bits per heavy atom. The van der Waals surface area contributed by atoms with Crippen LogP contribution in [0, 0.1) is 0 Å². The van der Waals surface area contributed by atoms with Gasteiger partial charge in [-0.05, 0) is 32.3 Å². The van der Waals surface area contributed by atoms with Gasteiger partial charge in [-0.2, -0.15) is 0 Å². The van der Waals surface area contributed by atoms with Gasteiger partial charge in [0.1, 0.15) is 5.82 Å². The van der Waals surface area contributed by atoms with Crippen LogP contribution in [0.25, 0.3) is 22.5 Å². The number of likely N-dealkylation sites (N-methyl/N-ethyl adjacent to an activating group) is 1. The number of carboxylic acid groups (broad SMARTS) is 1. The average molecular weight is 371 g/mol. The predicted molar refractivity (Wildman–Crippen MR) is 101 cm³/mol. The molecule has 0 saturated carbocycles. The van der Waals surface area contributed by atoms with Crippen LogP contribution >= 0.6 is 11.6 Å². The number of aromatic nitrogens is 3. The van der Waals surface area contributed by atoms with E-state index in [-0.39, 0.29) is 10.6 Å².